The van der Waals surface area contributed by atoms with Gasteiger partial charge in [-0.05, 0) is 24.3 Å². The minimum Gasteiger partial charge on any atom is -0.486 e. The number of rotatable bonds is 8. The predicted octanol–water partition coefficient (Wildman–Crippen LogP) is 0.620. The lowest BCUT2D eigenvalue weighted by Crippen LogP contribution is -2.35. The van der Waals surface area contributed by atoms with Gasteiger partial charge in [0.15, 0.2) is 0 Å². The number of hydrogen-bond acceptors (Lipinski definition) is 5. The first-order chi connectivity index (χ1) is 11.8. The maximum atomic E-state index is 12.3. The Bertz CT molecular complexity index is 815. The predicted molar refractivity (Wildman–Crippen MR) is 93.8 cm³/mol. The molecule has 0 atom stereocenters. The molecule has 0 bridgehead atoms. The van der Waals surface area contributed by atoms with Crippen LogP contribution in [0, 0.1) is 0 Å². The van der Waals surface area contributed by atoms with Crippen molar-refractivity contribution in [3.8, 4) is 5.75 Å². The van der Waals surface area contributed by atoms with Gasteiger partial charge in [0.2, 0.25) is 10.0 Å². The summed E-state index contributed by atoms with van der Waals surface area (Å²) in [6.07, 6.45) is 4.63. The van der Waals surface area contributed by atoms with Crippen LogP contribution in [0.4, 0.5) is 0 Å². The lowest BCUT2D eigenvalue weighted by molar-refractivity contribution is 0.0797. The summed E-state index contributed by atoms with van der Waals surface area (Å²) in [5.41, 5.74) is 0.506. The first-order valence-corrected chi connectivity index (χ1v) is 9.54. The Morgan fingerprint density at radius 3 is 2.56 bits per heavy atom. The summed E-state index contributed by atoms with van der Waals surface area (Å²) in [4.78, 5) is 17.9. The molecule has 1 aromatic carbocycles. The number of benzene rings is 1. The normalized spacial score (nSPS) is 11.3. The molecule has 0 fully saturated rings. The smallest absolute Gasteiger partial charge is 0.253 e. The van der Waals surface area contributed by atoms with Crippen LogP contribution in [0.25, 0.3) is 0 Å². The Labute approximate surface area is 147 Å². The first-order valence-electron chi connectivity index (χ1n) is 7.65. The number of nitrogens with one attached hydrogen (secondary N) is 1. The van der Waals surface area contributed by atoms with E-state index in [0.717, 1.165) is 12.1 Å². The first kappa shape index (κ1) is 18.9. The molecule has 0 aliphatic heterocycles. The van der Waals surface area contributed by atoms with Gasteiger partial charge in [-0.3, -0.25) is 4.79 Å². The third-order valence-electron chi connectivity index (χ3n) is 3.55. The third kappa shape index (κ3) is 5.87. The highest BCUT2D eigenvalue weighted by Crippen LogP contribution is 2.14. The number of imidazole rings is 1. The van der Waals surface area contributed by atoms with Crippen LogP contribution in [0.1, 0.15) is 16.2 Å². The third-order valence-corrected chi connectivity index (χ3v) is 4.28. The summed E-state index contributed by atoms with van der Waals surface area (Å²) in [5, 5.41) is 0. The molecule has 0 aliphatic rings. The fraction of sp³-hybridized carbons (Fsp3) is 0.375. The van der Waals surface area contributed by atoms with E-state index in [1.54, 1.807) is 37.5 Å². The van der Waals surface area contributed by atoms with E-state index in [1.807, 2.05) is 17.8 Å². The molecule has 1 heterocycles. The molecule has 25 heavy (non-hydrogen) atoms. The van der Waals surface area contributed by atoms with Crippen molar-refractivity contribution >= 4 is 15.9 Å². The van der Waals surface area contributed by atoms with E-state index in [0.29, 0.717) is 17.9 Å². The molecule has 9 heteroatoms. The molecule has 1 aromatic heterocycles. The van der Waals surface area contributed by atoms with Crippen molar-refractivity contribution in [1.82, 2.24) is 19.2 Å². The van der Waals surface area contributed by atoms with Crippen molar-refractivity contribution in [2.24, 2.45) is 7.05 Å². The van der Waals surface area contributed by atoms with Gasteiger partial charge in [-0.15, -0.1) is 0 Å². The number of aromatic nitrogens is 2. The number of carbonyl (C=O) groups is 1. The van der Waals surface area contributed by atoms with E-state index in [-0.39, 0.29) is 19.0 Å². The molecule has 1 N–H and O–H groups in total. The van der Waals surface area contributed by atoms with Crippen molar-refractivity contribution in [3.05, 3.63) is 48.0 Å². The summed E-state index contributed by atoms with van der Waals surface area (Å²) in [7, 11) is 0.258. The van der Waals surface area contributed by atoms with E-state index in [2.05, 4.69) is 9.71 Å². The highest BCUT2D eigenvalue weighted by molar-refractivity contribution is 7.88. The largest absolute Gasteiger partial charge is 0.486 e. The molecule has 0 spiro atoms. The van der Waals surface area contributed by atoms with Crippen LogP contribution in [-0.4, -0.2) is 55.2 Å². The molecule has 2 rings (SSSR count). The van der Waals surface area contributed by atoms with Gasteiger partial charge in [0.1, 0.15) is 18.2 Å². The van der Waals surface area contributed by atoms with Gasteiger partial charge in [-0.1, -0.05) is 0 Å². The van der Waals surface area contributed by atoms with Crippen molar-refractivity contribution in [2.45, 2.75) is 6.61 Å². The molecule has 2 aromatic rings. The van der Waals surface area contributed by atoms with E-state index in [4.69, 9.17) is 4.74 Å². The number of hydrogen-bond donors (Lipinski definition) is 1. The zero-order valence-electron chi connectivity index (χ0n) is 14.5. The molecular formula is C16H22N4O4S. The molecule has 0 aliphatic carbocycles. The van der Waals surface area contributed by atoms with E-state index >= 15 is 0 Å². The number of likely N-dealkylation sites (N-methyl/N-ethyl adjacent to an activating group) is 1. The van der Waals surface area contributed by atoms with Gasteiger partial charge >= 0.3 is 0 Å². The van der Waals surface area contributed by atoms with Crippen LogP contribution >= 0.6 is 0 Å². The number of ether oxygens (including phenoxy) is 1. The van der Waals surface area contributed by atoms with Crippen LogP contribution in [0.15, 0.2) is 36.7 Å². The summed E-state index contributed by atoms with van der Waals surface area (Å²) in [6.45, 7) is 0.795. The molecule has 0 saturated heterocycles. The summed E-state index contributed by atoms with van der Waals surface area (Å²) in [5.74, 6) is 1.25. The highest BCUT2D eigenvalue weighted by Gasteiger charge is 2.12. The van der Waals surface area contributed by atoms with Gasteiger partial charge < -0.3 is 14.2 Å². The summed E-state index contributed by atoms with van der Waals surface area (Å²) < 4.78 is 31.9. The van der Waals surface area contributed by atoms with Crippen molar-refractivity contribution < 1.29 is 17.9 Å². The number of amides is 1. The van der Waals surface area contributed by atoms with Gasteiger partial charge in [0.05, 0.1) is 6.26 Å². The molecule has 8 nitrogen and oxygen atoms in total. The quantitative estimate of drug-likeness (QED) is 0.739. The number of carbonyl (C=O) groups excluding carboxylic acids is 1. The molecule has 1 amide bonds. The van der Waals surface area contributed by atoms with E-state index in [9.17, 15) is 13.2 Å². The van der Waals surface area contributed by atoms with Gasteiger partial charge in [-0.25, -0.2) is 18.1 Å². The molecule has 136 valence electrons. The minimum absolute atomic E-state index is 0.173. The molecule has 0 unspecified atom stereocenters. The van der Waals surface area contributed by atoms with E-state index in [1.165, 1.54) is 4.90 Å². The fourth-order valence-electron chi connectivity index (χ4n) is 2.10. The van der Waals surface area contributed by atoms with Gasteiger partial charge in [-0.2, -0.15) is 0 Å². The number of aryl methyl sites for hydroxylation is 1. The van der Waals surface area contributed by atoms with Crippen LogP contribution in [0.2, 0.25) is 0 Å². The Morgan fingerprint density at radius 1 is 1.32 bits per heavy atom. The standard InChI is InChI=1S/C16H22N4O4S/c1-19-10-8-17-15(19)12-24-14-6-4-13(5-7-14)16(21)20(2)11-9-18-25(3,22)23/h4-8,10,18H,9,11-12H2,1-3H3. The second-order valence-corrected chi connectivity index (χ2v) is 7.49. The van der Waals surface area contributed by atoms with Crippen LogP contribution < -0.4 is 9.46 Å². The van der Waals surface area contributed by atoms with E-state index < -0.39 is 10.0 Å². The Balaban J connectivity index is 1.87. The summed E-state index contributed by atoms with van der Waals surface area (Å²) >= 11 is 0. The fourth-order valence-corrected chi connectivity index (χ4v) is 2.56. The molecule has 0 radical (unpaired) electrons. The lowest BCUT2D eigenvalue weighted by Gasteiger charge is -2.17. The van der Waals surface area contributed by atoms with Crippen molar-refractivity contribution in [3.63, 3.8) is 0 Å². The second-order valence-electron chi connectivity index (χ2n) is 5.66. The zero-order valence-corrected chi connectivity index (χ0v) is 15.3. The molecular weight excluding hydrogens is 344 g/mol. The zero-order chi connectivity index (χ0) is 18.4. The highest BCUT2D eigenvalue weighted by atomic mass is 32.2. The average Bonchev–Trinajstić information content (AvgIpc) is 2.96. The van der Waals surface area contributed by atoms with Crippen LogP contribution in [0.5, 0.6) is 5.75 Å². The second kappa shape index (κ2) is 8.13. The lowest BCUT2D eigenvalue weighted by atomic mass is 10.2. The van der Waals surface area contributed by atoms with Crippen molar-refractivity contribution in [2.75, 3.05) is 26.4 Å². The summed E-state index contributed by atoms with van der Waals surface area (Å²) in [6, 6.07) is 6.80. The Kier molecular flexibility index (Phi) is 6.16. The number of nitrogens with zero attached hydrogens (tertiary/aromatic N) is 3. The Morgan fingerprint density at radius 2 is 2.00 bits per heavy atom. The monoisotopic (exact) mass is 366 g/mol. The average molecular weight is 366 g/mol. The van der Waals surface area contributed by atoms with Gasteiger partial charge in [0.25, 0.3) is 5.91 Å². The van der Waals surface area contributed by atoms with Crippen LogP contribution in [0.3, 0.4) is 0 Å². The maximum Gasteiger partial charge on any atom is 0.253 e. The van der Waals surface area contributed by atoms with Crippen molar-refractivity contribution in [1.29, 1.82) is 0 Å². The Hall–Kier alpha value is -2.39. The SMILES string of the molecule is CN(CCNS(C)(=O)=O)C(=O)c1ccc(OCc2nccn2C)cc1. The number of sulfonamides is 1. The molecule has 0 saturated carbocycles. The maximum absolute atomic E-state index is 12.3. The van der Waals surface area contributed by atoms with Crippen LogP contribution in [-0.2, 0) is 23.7 Å². The van der Waals surface area contributed by atoms with Gasteiger partial charge in [0, 0.05) is 45.1 Å². The topological polar surface area (TPSA) is 93.5 Å². The minimum atomic E-state index is -3.26.